The van der Waals surface area contributed by atoms with Crippen molar-refractivity contribution >= 4 is 0 Å². The van der Waals surface area contributed by atoms with Gasteiger partial charge >= 0.3 is 0 Å². The number of nitrogens with zero attached hydrogens (tertiary/aromatic N) is 1. The average molecular weight is 200 g/mol. The Bertz CT molecular complexity index is 173. The van der Waals surface area contributed by atoms with Crippen LogP contribution >= 0.6 is 0 Å². The number of ether oxygens (including phenoxy) is 1. The molecule has 0 spiro atoms. The number of hydrogen-bond donors (Lipinski definition) is 1. The van der Waals surface area contributed by atoms with Gasteiger partial charge in [0.1, 0.15) is 5.60 Å². The van der Waals surface area contributed by atoms with Gasteiger partial charge in [0.2, 0.25) is 0 Å². The van der Waals surface area contributed by atoms with Crippen molar-refractivity contribution in [2.45, 2.75) is 39.2 Å². The summed E-state index contributed by atoms with van der Waals surface area (Å²) in [5.41, 5.74) is 5.25. The van der Waals surface area contributed by atoms with E-state index in [1.165, 1.54) is 0 Å². The molecule has 0 rings (SSSR count). The fraction of sp³-hybridized carbons (Fsp3) is 0.818. The van der Waals surface area contributed by atoms with Crippen molar-refractivity contribution in [2.24, 2.45) is 5.73 Å². The van der Waals surface area contributed by atoms with E-state index in [0.717, 1.165) is 31.8 Å². The summed E-state index contributed by atoms with van der Waals surface area (Å²) >= 11 is 0. The maximum absolute atomic E-state index is 5.63. The third-order valence-electron chi connectivity index (χ3n) is 1.80. The molecule has 14 heavy (non-hydrogen) atoms. The smallest absolute Gasteiger partial charge is 0.182 e. The Morgan fingerprint density at radius 3 is 2.36 bits per heavy atom. The van der Waals surface area contributed by atoms with Crippen LogP contribution in [0.3, 0.4) is 0 Å². The van der Waals surface area contributed by atoms with Crippen LogP contribution in [0.15, 0.2) is 12.5 Å². The summed E-state index contributed by atoms with van der Waals surface area (Å²) in [6.45, 7) is 11.7. The molecule has 0 aliphatic heterocycles. The zero-order valence-corrected chi connectivity index (χ0v) is 9.97. The first-order chi connectivity index (χ1) is 6.37. The maximum Gasteiger partial charge on any atom is 0.182 e. The molecule has 0 amide bonds. The van der Waals surface area contributed by atoms with Crippen LogP contribution in [0.4, 0.5) is 0 Å². The molecule has 0 bridgehead atoms. The second kappa shape index (κ2) is 5.91. The summed E-state index contributed by atoms with van der Waals surface area (Å²) in [4.78, 5) is 2.03. The minimum absolute atomic E-state index is 0.167. The number of nitrogens with two attached hydrogens (primary N) is 1. The highest BCUT2D eigenvalue weighted by Gasteiger charge is 2.14. The lowest BCUT2D eigenvalue weighted by Crippen LogP contribution is -2.27. The van der Waals surface area contributed by atoms with Crippen molar-refractivity contribution in [3.63, 3.8) is 0 Å². The van der Waals surface area contributed by atoms with Gasteiger partial charge in [0.05, 0.1) is 0 Å². The minimum Gasteiger partial charge on any atom is -0.474 e. The van der Waals surface area contributed by atoms with E-state index in [-0.39, 0.29) is 5.60 Å². The molecule has 0 aliphatic rings. The van der Waals surface area contributed by atoms with Gasteiger partial charge in [-0.05, 0) is 46.7 Å². The van der Waals surface area contributed by atoms with Crippen molar-refractivity contribution in [1.82, 2.24) is 4.90 Å². The second-order valence-corrected chi connectivity index (χ2v) is 4.53. The van der Waals surface area contributed by atoms with Crippen LogP contribution in [0.2, 0.25) is 0 Å². The summed E-state index contributed by atoms with van der Waals surface area (Å²) in [6, 6.07) is 0. The molecule has 0 fully saturated rings. The monoisotopic (exact) mass is 200 g/mol. The van der Waals surface area contributed by atoms with E-state index in [1.54, 1.807) is 0 Å². The van der Waals surface area contributed by atoms with Gasteiger partial charge < -0.3 is 15.4 Å². The van der Waals surface area contributed by atoms with Gasteiger partial charge in [0, 0.05) is 13.6 Å². The van der Waals surface area contributed by atoms with E-state index >= 15 is 0 Å². The summed E-state index contributed by atoms with van der Waals surface area (Å²) in [5.74, 6) is 0.731. The molecular formula is C11H24N2O. The van der Waals surface area contributed by atoms with E-state index < -0.39 is 0 Å². The normalized spacial score (nSPS) is 11.2. The topological polar surface area (TPSA) is 38.5 Å². The standard InChI is InChI=1S/C11H24N2O/c1-10(14-11(2,3)4)13(5)9-7-6-8-12/h1,6-9,12H2,2-5H3. The first kappa shape index (κ1) is 13.3. The SMILES string of the molecule is C=C(OC(C)(C)C)N(C)CCCCN. The van der Waals surface area contributed by atoms with Crippen LogP contribution in [0.25, 0.3) is 0 Å². The van der Waals surface area contributed by atoms with Crippen LogP contribution in [-0.4, -0.2) is 30.6 Å². The third-order valence-corrected chi connectivity index (χ3v) is 1.80. The highest BCUT2D eigenvalue weighted by atomic mass is 16.5. The predicted molar refractivity (Wildman–Crippen MR) is 60.9 cm³/mol. The number of rotatable bonds is 6. The maximum atomic E-state index is 5.63. The zero-order chi connectivity index (χ0) is 11.2. The summed E-state index contributed by atoms with van der Waals surface area (Å²) in [5, 5.41) is 0. The largest absolute Gasteiger partial charge is 0.474 e. The summed E-state index contributed by atoms with van der Waals surface area (Å²) in [6.07, 6.45) is 2.13. The van der Waals surface area contributed by atoms with Gasteiger partial charge in [0.15, 0.2) is 5.88 Å². The Kier molecular flexibility index (Phi) is 5.62. The van der Waals surface area contributed by atoms with E-state index in [0.29, 0.717) is 0 Å². The Labute approximate surface area is 87.9 Å². The molecule has 0 radical (unpaired) electrons. The van der Waals surface area contributed by atoms with Crippen molar-refractivity contribution in [3.8, 4) is 0 Å². The lowest BCUT2D eigenvalue weighted by Gasteiger charge is -2.28. The van der Waals surface area contributed by atoms with Crippen molar-refractivity contribution < 1.29 is 4.74 Å². The molecule has 0 aromatic carbocycles. The molecule has 0 heterocycles. The Morgan fingerprint density at radius 1 is 1.36 bits per heavy atom. The highest BCUT2D eigenvalue weighted by Crippen LogP contribution is 2.14. The van der Waals surface area contributed by atoms with Crippen LogP contribution < -0.4 is 5.73 Å². The summed E-state index contributed by atoms with van der Waals surface area (Å²) in [7, 11) is 1.99. The minimum atomic E-state index is -0.167. The molecule has 0 aromatic rings. The fourth-order valence-corrected chi connectivity index (χ4v) is 1.05. The van der Waals surface area contributed by atoms with Gasteiger partial charge in [-0.3, -0.25) is 0 Å². The van der Waals surface area contributed by atoms with E-state index in [9.17, 15) is 0 Å². The van der Waals surface area contributed by atoms with Gasteiger partial charge in [-0.1, -0.05) is 0 Å². The molecule has 0 saturated carbocycles. The van der Waals surface area contributed by atoms with Crippen LogP contribution in [-0.2, 0) is 4.74 Å². The molecule has 3 nitrogen and oxygen atoms in total. The average Bonchev–Trinajstić information content (AvgIpc) is 2.01. The predicted octanol–water partition coefficient (Wildman–Crippen LogP) is 1.94. The number of unbranched alkanes of at least 4 members (excludes halogenated alkanes) is 1. The van der Waals surface area contributed by atoms with Crippen molar-refractivity contribution in [2.75, 3.05) is 20.1 Å². The zero-order valence-electron chi connectivity index (χ0n) is 9.97. The quantitative estimate of drug-likeness (QED) is 0.526. The summed E-state index contributed by atoms with van der Waals surface area (Å²) < 4.78 is 5.63. The fourth-order valence-electron chi connectivity index (χ4n) is 1.05. The van der Waals surface area contributed by atoms with Gasteiger partial charge in [0.25, 0.3) is 0 Å². The first-order valence-corrected chi connectivity index (χ1v) is 5.16. The van der Waals surface area contributed by atoms with Gasteiger partial charge in [-0.25, -0.2) is 0 Å². The lowest BCUT2D eigenvalue weighted by atomic mass is 10.2. The van der Waals surface area contributed by atoms with Crippen molar-refractivity contribution in [1.29, 1.82) is 0 Å². The molecule has 3 heteroatoms. The van der Waals surface area contributed by atoms with E-state index in [2.05, 4.69) is 6.58 Å². The molecule has 0 aliphatic carbocycles. The van der Waals surface area contributed by atoms with E-state index in [4.69, 9.17) is 10.5 Å². The van der Waals surface area contributed by atoms with Gasteiger partial charge in [-0.2, -0.15) is 0 Å². The molecule has 84 valence electrons. The Balaban J connectivity index is 3.77. The molecule has 0 saturated heterocycles. The van der Waals surface area contributed by atoms with Gasteiger partial charge in [-0.15, -0.1) is 0 Å². The van der Waals surface area contributed by atoms with Crippen LogP contribution in [0, 0.1) is 0 Å². The first-order valence-electron chi connectivity index (χ1n) is 5.16. The number of hydrogen-bond acceptors (Lipinski definition) is 3. The molecular weight excluding hydrogens is 176 g/mol. The van der Waals surface area contributed by atoms with Crippen molar-refractivity contribution in [3.05, 3.63) is 12.5 Å². The van der Waals surface area contributed by atoms with Crippen LogP contribution in [0.1, 0.15) is 33.6 Å². The molecule has 0 aromatic heterocycles. The van der Waals surface area contributed by atoms with E-state index in [1.807, 2.05) is 32.7 Å². The lowest BCUT2D eigenvalue weighted by molar-refractivity contribution is 0.00925. The molecule has 2 N–H and O–H groups in total. The Hall–Kier alpha value is -0.700. The second-order valence-electron chi connectivity index (χ2n) is 4.53. The Morgan fingerprint density at radius 2 is 1.93 bits per heavy atom. The highest BCUT2D eigenvalue weighted by molar-refractivity contribution is 4.84. The van der Waals surface area contributed by atoms with Crippen LogP contribution in [0.5, 0.6) is 0 Å². The molecule has 0 unspecified atom stereocenters. The molecule has 0 atom stereocenters. The third kappa shape index (κ3) is 6.78.